The molecule has 0 aliphatic rings. The Balaban J connectivity index is 2.35. The van der Waals surface area contributed by atoms with Gasteiger partial charge < -0.3 is 9.16 Å². The maximum Gasteiger partial charge on any atom is 0.249 e. The van der Waals surface area contributed by atoms with Crippen LogP contribution >= 0.6 is 0 Å². The molecular weight excluding hydrogens is 240 g/mol. The van der Waals surface area contributed by atoms with Crippen LogP contribution in [0.5, 0.6) is 0 Å². The summed E-state index contributed by atoms with van der Waals surface area (Å²) in [5, 5.41) is 0.219. The van der Waals surface area contributed by atoms with Crippen molar-refractivity contribution in [3.05, 3.63) is 48.4 Å². The van der Waals surface area contributed by atoms with Gasteiger partial charge in [-0.25, -0.2) is 0 Å². The van der Waals surface area contributed by atoms with Crippen molar-refractivity contribution in [2.45, 2.75) is 45.5 Å². The molecule has 100 valence electrons. The van der Waals surface area contributed by atoms with E-state index in [0.29, 0.717) is 6.61 Å². The standard InChI is InChI=1S/C15H24O2Si/c1-15(2,3)18(4,5)17-12-11-16-13-14-9-7-6-8-10-14/h6-12H,13H2,1-5H3. The molecule has 0 atom stereocenters. The normalized spacial score (nSPS) is 12.7. The summed E-state index contributed by atoms with van der Waals surface area (Å²) in [7, 11) is -1.70. The third kappa shape index (κ3) is 4.57. The van der Waals surface area contributed by atoms with Crippen LogP contribution in [0.25, 0.3) is 0 Å². The minimum Gasteiger partial charge on any atom is -0.546 e. The summed E-state index contributed by atoms with van der Waals surface area (Å²) < 4.78 is 11.3. The molecular formula is C15H24O2Si. The lowest BCUT2D eigenvalue weighted by atomic mass is 10.2. The zero-order valence-electron chi connectivity index (χ0n) is 12.1. The molecule has 0 aliphatic carbocycles. The zero-order chi connectivity index (χ0) is 13.6. The molecule has 0 aliphatic heterocycles. The Morgan fingerprint density at radius 2 is 1.67 bits per heavy atom. The molecule has 0 heterocycles. The van der Waals surface area contributed by atoms with E-state index in [1.807, 2.05) is 30.3 Å². The Morgan fingerprint density at radius 1 is 1.06 bits per heavy atom. The summed E-state index contributed by atoms with van der Waals surface area (Å²) in [6, 6.07) is 10.1. The summed E-state index contributed by atoms with van der Waals surface area (Å²) in [5.74, 6) is 0. The van der Waals surface area contributed by atoms with E-state index in [1.165, 1.54) is 0 Å². The molecule has 1 aromatic carbocycles. The first-order valence-corrected chi connectivity index (χ1v) is 9.22. The highest BCUT2D eigenvalue weighted by Gasteiger charge is 2.37. The number of benzene rings is 1. The van der Waals surface area contributed by atoms with Crippen LogP contribution in [0, 0.1) is 0 Å². The van der Waals surface area contributed by atoms with Gasteiger partial charge in [-0.15, -0.1) is 0 Å². The van der Waals surface area contributed by atoms with E-state index in [9.17, 15) is 0 Å². The lowest BCUT2D eigenvalue weighted by molar-refractivity contribution is 0.226. The van der Waals surface area contributed by atoms with Crippen molar-refractivity contribution in [1.82, 2.24) is 0 Å². The monoisotopic (exact) mass is 264 g/mol. The average molecular weight is 264 g/mol. The lowest BCUT2D eigenvalue weighted by Gasteiger charge is -2.34. The van der Waals surface area contributed by atoms with Gasteiger partial charge in [0.1, 0.15) is 19.1 Å². The van der Waals surface area contributed by atoms with Crippen molar-refractivity contribution in [3.8, 4) is 0 Å². The number of rotatable bonds is 5. The molecule has 3 heteroatoms. The van der Waals surface area contributed by atoms with E-state index >= 15 is 0 Å². The maximum atomic E-state index is 5.87. The van der Waals surface area contributed by atoms with Crippen molar-refractivity contribution < 1.29 is 9.16 Å². The molecule has 18 heavy (non-hydrogen) atoms. The predicted octanol–water partition coefficient (Wildman–Crippen LogP) is 4.70. The summed E-state index contributed by atoms with van der Waals surface area (Å²) >= 11 is 0. The molecule has 0 aromatic heterocycles. The molecule has 0 saturated heterocycles. The zero-order valence-corrected chi connectivity index (χ0v) is 13.1. The Morgan fingerprint density at radius 3 is 2.22 bits per heavy atom. The van der Waals surface area contributed by atoms with Gasteiger partial charge in [0.2, 0.25) is 8.32 Å². The van der Waals surface area contributed by atoms with E-state index in [0.717, 1.165) is 5.56 Å². The van der Waals surface area contributed by atoms with Crippen molar-refractivity contribution in [3.63, 3.8) is 0 Å². The first kappa shape index (κ1) is 14.8. The maximum absolute atomic E-state index is 5.87. The topological polar surface area (TPSA) is 18.5 Å². The van der Waals surface area contributed by atoms with Gasteiger partial charge in [-0.1, -0.05) is 51.1 Å². The van der Waals surface area contributed by atoms with Crippen LogP contribution in [-0.4, -0.2) is 8.32 Å². The van der Waals surface area contributed by atoms with Crippen LogP contribution in [0.2, 0.25) is 18.1 Å². The van der Waals surface area contributed by atoms with Crippen molar-refractivity contribution >= 4 is 8.32 Å². The first-order valence-electron chi connectivity index (χ1n) is 6.31. The first-order chi connectivity index (χ1) is 8.33. The fourth-order valence-electron chi connectivity index (χ4n) is 1.13. The van der Waals surface area contributed by atoms with E-state index in [2.05, 4.69) is 33.9 Å². The van der Waals surface area contributed by atoms with Crippen LogP contribution in [-0.2, 0) is 15.8 Å². The van der Waals surface area contributed by atoms with E-state index < -0.39 is 8.32 Å². The molecule has 0 fully saturated rings. The fourth-order valence-corrected chi connectivity index (χ4v) is 1.88. The summed E-state index contributed by atoms with van der Waals surface area (Å²) in [4.78, 5) is 0. The second-order valence-corrected chi connectivity index (χ2v) is 10.7. The Kier molecular flexibility index (Phi) is 5.02. The highest BCUT2D eigenvalue weighted by atomic mass is 28.4. The highest BCUT2D eigenvalue weighted by molar-refractivity contribution is 6.74. The van der Waals surface area contributed by atoms with Gasteiger partial charge in [-0.05, 0) is 23.7 Å². The number of hydrogen-bond acceptors (Lipinski definition) is 2. The van der Waals surface area contributed by atoms with Crippen LogP contribution in [0.15, 0.2) is 42.9 Å². The minimum absolute atomic E-state index is 0.219. The van der Waals surface area contributed by atoms with Gasteiger partial charge in [0.25, 0.3) is 0 Å². The SMILES string of the molecule is CC(C)(C)[Si](C)(C)OC=COCc1ccccc1. The van der Waals surface area contributed by atoms with E-state index in [4.69, 9.17) is 9.16 Å². The van der Waals surface area contributed by atoms with Gasteiger partial charge in [-0.3, -0.25) is 0 Å². The number of ether oxygens (including phenoxy) is 1. The van der Waals surface area contributed by atoms with Gasteiger partial charge in [0.05, 0.1) is 0 Å². The smallest absolute Gasteiger partial charge is 0.249 e. The van der Waals surface area contributed by atoms with Crippen molar-refractivity contribution in [2.75, 3.05) is 0 Å². The molecule has 0 bridgehead atoms. The molecule has 0 N–H and O–H groups in total. The Bertz CT molecular complexity index is 377. The molecule has 0 spiro atoms. The molecule has 0 amide bonds. The number of hydrogen-bond donors (Lipinski definition) is 0. The molecule has 0 saturated carbocycles. The third-order valence-electron chi connectivity index (χ3n) is 3.41. The van der Waals surface area contributed by atoms with Crippen LogP contribution in [0.4, 0.5) is 0 Å². The molecule has 0 unspecified atom stereocenters. The molecule has 1 rings (SSSR count). The molecule has 1 aromatic rings. The van der Waals surface area contributed by atoms with Crippen LogP contribution in [0.3, 0.4) is 0 Å². The van der Waals surface area contributed by atoms with Crippen LogP contribution < -0.4 is 0 Å². The van der Waals surface area contributed by atoms with Gasteiger partial charge in [-0.2, -0.15) is 0 Å². The summed E-state index contributed by atoms with van der Waals surface area (Å²) in [6.07, 6.45) is 3.34. The molecule has 2 nitrogen and oxygen atoms in total. The van der Waals surface area contributed by atoms with Crippen molar-refractivity contribution in [1.29, 1.82) is 0 Å². The van der Waals surface area contributed by atoms with Crippen LogP contribution in [0.1, 0.15) is 26.3 Å². The quantitative estimate of drug-likeness (QED) is 0.567. The lowest BCUT2D eigenvalue weighted by Crippen LogP contribution is -2.39. The second-order valence-electron chi connectivity index (χ2n) is 5.95. The Hall–Kier alpha value is -1.22. The predicted molar refractivity (Wildman–Crippen MR) is 78.7 cm³/mol. The highest BCUT2D eigenvalue weighted by Crippen LogP contribution is 2.36. The van der Waals surface area contributed by atoms with Gasteiger partial charge >= 0.3 is 0 Å². The minimum atomic E-state index is -1.70. The van der Waals surface area contributed by atoms with E-state index in [-0.39, 0.29) is 5.04 Å². The third-order valence-corrected chi connectivity index (χ3v) is 7.75. The van der Waals surface area contributed by atoms with Gasteiger partial charge in [0, 0.05) is 0 Å². The molecule has 0 radical (unpaired) electrons. The van der Waals surface area contributed by atoms with E-state index in [1.54, 1.807) is 12.5 Å². The second kappa shape index (κ2) is 6.09. The largest absolute Gasteiger partial charge is 0.546 e. The summed E-state index contributed by atoms with van der Waals surface area (Å²) in [6.45, 7) is 11.7. The van der Waals surface area contributed by atoms with Crippen molar-refractivity contribution in [2.24, 2.45) is 0 Å². The Labute approximate surface area is 112 Å². The average Bonchev–Trinajstić information content (AvgIpc) is 2.28. The summed E-state index contributed by atoms with van der Waals surface area (Å²) in [5.41, 5.74) is 1.16. The van der Waals surface area contributed by atoms with Gasteiger partial charge in [0.15, 0.2) is 0 Å². The fraction of sp³-hybridized carbons (Fsp3) is 0.467.